The van der Waals surface area contributed by atoms with Gasteiger partial charge in [0.15, 0.2) is 12.2 Å². The number of carbonyl (C=O) groups is 4. The zero-order valence-electron chi connectivity index (χ0n) is 65.8. The molecule has 17 nitrogen and oxygen atoms in total. The van der Waals surface area contributed by atoms with Crippen molar-refractivity contribution in [2.75, 3.05) is 39.6 Å². The topological polar surface area (TPSA) is 237 Å². The highest BCUT2D eigenvalue weighted by Gasteiger charge is 2.30. The minimum atomic E-state index is -4.96. The van der Waals surface area contributed by atoms with Crippen molar-refractivity contribution in [2.24, 2.45) is 23.7 Å². The van der Waals surface area contributed by atoms with Gasteiger partial charge in [-0.2, -0.15) is 0 Å². The van der Waals surface area contributed by atoms with Gasteiger partial charge in [0.05, 0.1) is 26.4 Å². The summed E-state index contributed by atoms with van der Waals surface area (Å²) in [6.07, 6.45) is 57.0. The molecule has 0 aliphatic rings. The van der Waals surface area contributed by atoms with Gasteiger partial charge in [-0.15, -0.1) is 0 Å². The lowest BCUT2D eigenvalue weighted by Crippen LogP contribution is -2.30. The molecule has 0 spiro atoms. The zero-order valence-corrected chi connectivity index (χ0v) is 67.6. The monoisotopic (exact) mass is 1470 g/mol. The first-order valence-corrected chi connectivity index (χ1v) is 44.7. The summed E-state index contributed by atoms with van der Waals surface area (Å²) >= 11 is 0. The molecule has 3 unspecified atom stereocenters. The minimum absolute atomic E-state index is 0.105. The summed E-state index contributed by atoms with van der Waals surface area (Å²) in [6, 6.07) is 0. The van der Waals surface area contributed by atoms with Crippen molar-refractivity contribution in [3.63, 3.8) is 0 Å². The largest absolute Gasteiger partial charge is 0.472 e. The van der Waals surface area contributed by atoms with Crippen molar-refractivity contribution < 1.29 is 80.2 Å². The van der Waals surface area contributed by atoms with E-state index in [1.807, 2.05) is 0 Å². The zero-order chi connectivity index (χ0) is 73.8. The van der Waals surface area contributed by atoms with Crippen LogP contribution in [0.1, 0.15) is 415 Å². The standard InChI is InChI=1S/C81H158O17P2/c1-9-74(8)60-52-44-39-40-46-54-62-79(84)92-68-77(98-80(85)63-55-47-37-31-25-21-15-13-11-10-12-14-18-22-27-33-41-49-57-71(2)3)70-96-100(89,90)94-66-75(82)65-93-99(87,88)95-69-76(97-81(86)64-56-48-38-32-26-29-35-43-51-59-73(6)7)67-91-78(83)61-53-45-36-30-24-20-17-16-19-23-28-34-42-50-58-72(4)5/h71-77,82H,9-70H2,1-8H3,(H,87,88)(H,89,90)/t74?,75-,76-,77-/m1/s1. The van der Waals surface area contributed by atoms with E-state index in [0.29, 0.717) is 25.7 Å². The van der Waals surface area contributed by atoms with Crippen molar-refractivity contribution in [3.05, 3.63) is 0 Å². The number of carbonyl (C=O) groups excluding carboxylic acids is 4. The van der Waals surface area contributed by atoms with Gasteiger partial charge < -0.3 is 33.8 Å². The smallest absolute Gasteiger partial charge is 0.462 e. The average Bonchev–Trinajstić information content (AvgIpc) is 0.913. The normalized spacial score (nSPS) is 14.3. The van der Waals surface area contributed by atoms with Gasteiger partial charge in [-0.3, -0.25) is 37.3 Å². The Labute approximate surface area is 613 Å². The molecule has 0 rings (SSSR count). The van der Waals surface area contributed by atoms with Crippen LogP contribution in [0.25, 0.3) is 0 Å². The Hall–Kier alpha value is -1.94. The molecule has 6 atom stereocenters. The Bertz CT molecular complexity index is 1960. The highest BCUT2D eigenvalue weighted by Crippen LogP contribution is 2.45. The lowest BCUT2D eigenvalue weighted by Gasteiger charge is -2.21. The quantitative estimate of drug-likeness (QED) is 0.0222. The number of ether oxygens (including phenoxy) is 4. The van der Waals surface area contributed by atoms with E-state index < -0.39 is 97.5 Å². The summed E-state index contributed by atoms with van der Waals surface area (Å²) in [5, 5.41) is 10.6. The number of phosphoric ester groups is 2. The van der Waals surface area contributed by atoms with E-state index in [-0.39, 0.29) is 25.7 Å². The molecular weight excluding hydrogens is 1310 g/mol. The first-order chi connectivity index (χ1) is 48.1. The van der Waals surface area contributed by atoms with Gasteiger partial charge >= 0.3 is 39.5 Å². The van der Waals surface area contributed by atoms with Gasteiger partial charge in [0.2, 0.25) is 0 Å². The van der Waals surface area contributed by atoms with Gasteiger partial charge in [0.1, 0.15) is 19.3 Å². The number of phosphoric acid groups is 2. The molecule has 19 heteroatoms. The van der Waals surface area contributed by atoms with Crippen LogP contribution in [0.2, 0.25) is 0 Å². The number of unbranched alkanes of at least 4 members (excludes halogenated alkanes) is 43. The van der Waals surface area contributed by atoms with Crippen molar-refractivity contribution in [1.82, 2.24) is 0 Å². The van der Waals surface area contributed by atoms with E-state index in [4.69, 9.17) is 37.0 Å². The second kappa shape index (κ2) is 70.1. The molecule has 0 amide bonds. The Morgan fingerprint density at radius 3 is 0.710 bits per heavy atom. The van der Waals surface area contributed by atoms with Crippen molar-refractivity contribution in [2.45, 2.75) is 433 Å². The SMILES string of the molecule is CCC(C)CCCCCCCCC(=O)OC[C@H](COP(=O)(O)OC[C@H](O)COP(=O)(O)OC[C@@H](COC(=O)CCCCCCCCCCCCCCCCC(C)C)OC(=O)CCCCCCCCCCCC(C)C)OC(=O)CCCCCCCCCCCCCCCCCCCCC(C)C. The fourth-order valence-corrected chi connectivity index (χ4v) is 14.0. The van der Waals surface area contributed by atoms with Crippen LogP contribution in [-0.4, -0.2) is 96.7 Å². The third kappa shape index (κ3) is 73.0. The van der Waals surface area contributed by atoms with Gasteiger partial charge in [-0.25, -0.2) is 9.13 Å². The molecule has 3 N–H and O–H groups in total. The molecule has 0 aromatic heterocycles. The molecule has 0 heterocycles. The Balaban J connectivity index is 5.19. The van der Waals surface area contributed by atoms with Crippen LogP contribution in [0.15, 0.2) is 0 Å². The number of rotatable bonds is 78. The van der Waals surface area contributed by atoms with Gasteiger partial charge in [0, 0.05) is 25.7 Å². The number of aliphatic hydroxyl groups is 1. The summed E-state index contributed by atoms with van der Waals surface area (Å²) in [5.41, 5.74) is 0. The second-order valence-corrected chi connectivity index (χ2v) is 33.7. The molecule has 0 aromatic rings. The van der Waals surface area contributed by atoms with E-state index in [0.717, 1.165) is 120 Å². The summed E-state index contributed by atoms with van der Waals surface area (Å²) in [5.74, 6) is 0.970. The van der Waals surface area contributed by atoms with Crippen molar-refractivity contribution in [3.8, 4) is 0 Å². The third-order valence-corrected chi connectivity index (χ3v) is 21.1. The lowest BCUT2D eigenvalue weighted by atomic mass is 10.00. The first-order valence-electron chi connectivity index (χ1n) is 41.7. The van der Waals surface area contributed by atoms with E-state index in [1.165, 1.54) is 212 Å². The molecular formula is C81H158O17P2. The van der Waals surface area contributed by atoms with Gasteiger partial charge in [-0.1, -0.05) is 364 Å². The van der Waals surface area contributed by atoms with Crippen molar-refractivity contribution >= 4 is 39.5 Å². The second-order valence-electron chi connectivity index (χ2n) is 30.8. The number of aliphatic hydroxyl groups excluding tert-OH is 1. The van der Waals surface area contributed by atoms with Crippen LogP contribution in [0.4, 0.5) is 0 Å². The number of hydrogen-bond donors (Lipinski definition) is 3. The number of hydrogen-bond acceptors (Lipinski definition) is 15. The molecule has 0 aliphatic heterocycles. The van der Waals surface area contributed by atoms with Crippen LogP contribution in [0, 0.1) is 23.7 Å². The third-order valence-electron chi connectivity index (χ3n) is 19.2. The molecule has 594 valence electrons. The maximum absolute atomic E-state index is 13.1. The highest BCUT2D eigenvalue weighted by molar-refractivity contribution is 7.47. The molecule has 0 saturated carbocycles. The predicted octanol–water partition coefficient (Wildman–Crippen LogP) is 24.0. The Morgan fingerprint density at radius 2 is 0.480 bits per heavy atom. The molecule has 100 heavy (non-hydrogen) atoms. The summed E-state index contributed by atoms with van der Waals surface area (Å²) in [7, 11) is -9.92. The summed E-state index contributed by atoms with van der Waals surface area (Å²) in [6.45, 7) is 14.2. The first kappa shape index (κ1) is 98.1. The van der Waals surface area contributed by atoms with Gasteiger partial charge in [0.25, 0.3) is 0 Å². The minimum Gasteiger partial charge on any atom is -0.462 e. The predicted molar refractivity (Wildman–Crippen MR) is 409 cm³/mol. The molecule has 0 saturated heterocycles. The van der Waals surface area contributed by atoms with E-state index >= 15 is 0 Å². The van der Waals surface area contributed by atoms with E-state index in [2.05, 4.69) is 55.4 Å². The van der Waals surface area contributed by atoms with E-state index in [9.17, 15) is 43.2 Å². The number of esters is 4. The van der Waals surface area contributed by atoms with Crippen molar-refractivity contribution in [1.29, 1.82) is 0 Å². The maximum atomic E-state index is 13.1. The maximum Gasteiger partial charge on any atom is 0.472 e. The highest BCUT2D eigenvalue weighted by atomic mass is 31.2. The molecule has 0 aliphatic carbocycles. The van der Waals surface area contributed by atoms with Crippen LogP contribution >= 0.6 is 15.6 Å². The molecule has 0 bridgehead atoms. The van der Waals surface area contributed by atoms with Crippen LogP contribution < -0.4 is 0 Å². The molecule has 0 radical (unpaired) electrons. The summed E-state index contributed by atoms with van der Waals surface area (Å²) < 4.78 is 68.7. The van der Waals surface area contributed by atoms with Gasteiger partial charge in [-0.05, 0) is 49.4 Å². The van der Waals surface area contributed by atoms with E-state index in [1.54, 1.807) is 0 Å². The van der Waals surface area contributed by atoms with Crippen LogP contribution in [0.3, 0.4) is 0 Å². The van der Waals surface area contributed by atoms with Crippen LogP contribution in [-0.2, 0) is 65.4 Å². The molecule has 0 fully saturated rings. The Kier molecular flexibility index (Phi) is 68.7. The summed E-state index contributed by atoms with van der Waals surface area (Å²) in [4.78, 5) is 73.0. The fourth-order valence-electron chi connectivity index (χ4n) is 12.4. The molecule has 0 aromatic carbocycles. The van der Waals surface area contributed by atoms with Crippen LogP contribution in [0.5, 0.6) is 0 Å². The fraction of sp³-hybridized carbons (Fsp3) is 0.951. The Morgan fingerprint density at radius 1 is 0.280 bits per heavy atom. The lowest BCUT2D eigenvalue weighted by molar-refractivity contribution is -0.161. The average molecular weight is 1470 g/mol.